The minimum absolute atomic E-state index is 0.0222. The first-order chi connectivity index (χ1) is 15.8. The topological polar surface area (TPSA) is 108 Å². The number of hydrogen-bond donors (Lipinski definition) is 0. The summed E-state index contributed by atoms with van der Waals surface area (Å²) in [6, 6.07) is 17.0. The van der Waals surface area contributed by atoms with Gasteiger partial charge in [-0.15, -0.1) is 11.3 Å². The maximum atomic E-state index is 13.3. The molecule has 11 heteroatoms. The van der Waals surface area contributed by atoms with Gasteiger partial charge in [-0.2, -0.15) is 9.40 Å². The number of ether oxygens (including phenoxy) is 1. The first-order valence-electron chi connectivity index (χ1n) is 9.78. The molecule has 0 aliphatic rings. The summed E-state index contributed by atoms with van der Waals surface area (Å²) in [6.07, 6.45) is 1.78. The number of nitro groups is 1. The summed E-state index contributed by atoms with van der Waals surface area (Å²) < 4.78 is 34.4. The molecule has 0 N–H and O–H groups in total. The fourth-order valence-corrected chi connectivity index (χ4v) is 5.36. The van der Waals surface area contributed by atoms with Crippen LogP contribution < -0.4 is 4.74 Å². The molecule has 2 aromatic carbocycles. The zero-order valence-electron chi connectivity index (χ0n) is 17.8. The van der Waals surface area contributed by atoms with Crippen LogP contribution in [-0.4, -0.2) is 41.6 Å². The second-order valence-corrected chi connectivity index (χ2v) is 10.1. The number of thiophene rings is 1. The molecular weight excluding hydrogens is 464 g/mol. The van der Waals surface area contributed by atoms with Gasteiger partial charge in [0.1, 0.15) is 11.4 Å². The van der Waals surface area contributed by atoms with Gasteiger partial charge in [0.15, 0.2) is 4.90 Å². The highest BCUT2D eigenvalue weighted by atomic mass is 32.2. The maximum Gasteiger partial charge on any atom is 0.293 e. The van der Waals surface area contributed by atoms with Crippen molar-refractivity contribution in [2.75, 3.05) is 14.2 Å². The molecule has 9 nitrogen and oxygen atoms in total. The van der Waals surface area contributed by atoms with Crippen molar-refractivity contribution < 1.29 is 18.1 Å². The van der Waals surface area contributed by atoms with Crippen LogP contribution in [0, 0.1) is 10.1 Å². The first-order valence-corrected chi connectivity index (χ1v) is 12.1. The van der Waals surface area contributed by atoms with Crippen LogP contribution in [0.4, 0.5) is 5.69 Å². The van der Waals surface area contributed by atoms with Crippen LogP contribution >= 0.6 is 11.3 Å². The molecule has 4 rings (SSSR count). The summed E-state index contributed by atoms with van der Waals surface area (Å²) >= 11 is 1.49. The van der Waals surface area contributed by atoms with E-state index in [0.717, 1.165) is 20.9 Å². The van der Waals surface area contributed by atoms with E-state index in [4.69, 9.17) is 4.74 Å². The molecule has 0 saturated carbocycles. The molecule has 0 aliphatic carbocycles. The zero-order valence-corrected chi connectivity index (χ0v) is 19.4. The van der Waals surface area contributed by atoms with E-state index in [1.165, 1.54) is 37.6 Å². The van der Waals surface area contributed by atoms with Crippen LogP contribution in [0.25, 0.3) is 16.3 Å². The highest BCUT2D eigenvalue weighted by molar-refractivity contribution is 7.89. The number of sulfonamides is 1. The lowest BCUT2D eigenvalue weighted by Gasteiger charge is -2.17. The van der Waals surface area contributed by atoms with Crippen molar-refractivity contribution in [3.8, 4) is 22.0 Å². The number of nitrogens with zero attached hydrogens (tertiary/aromatic N) is 4. The third-order valence-electron chi connectivity index (χ3n) is 5.01. The molecule has 0 radical (unpaired) electrons. The average molecular weight is 485 g/mol. The minimum Gasteiger partial charge on any atom is -0.497 e. The van der Waals surface area contributed by atoms with E-state index in [-0.39, 0.29) is 12.3 Å². The Morgan fingerprint density at radius 1 is 1.15 bits per heavy atom. The molecule has 2 aromatic heterocycles. The summed E-state index contributed by atoms with van der Waals surface area (Å²) in [7, 11) is -1.43. The van der Waals surface area contributed by atoms with Crippen LogP contribution in [0.2, 0.25) is 0 Å². The summed E-state index contributed by atoms with van der Waals surface area (Å²) in [4.78, 5) is 11.3. The van der Waals surface area contributed by atoms with Crippen molar-refractivity contribution in [2.24, 2.45) is 0 Å². The van der Waals surface area contributed by atoms with Crippen molar-refractivity contribution in [1.82, 2.24) is 14.1 Å². The Hall–Kier alpha value is -3.54. The van der Waals surface area contributed by atoms with Gasteiger partial charge in [-0.05, 0) is 35.7 Å². The molecule has 0 fully saturated rings. The first kappa shape index (κ1) is 22.6. The Labute approximate surface area is 194 Å². The van der Waals surface area contributed by atoms with Gasteiger partial charge in [0, 0.05) is 25.4 Å². The monoisotopic (exact) mass is 484 g/mol. The van der Waals surface area contributed by atoms with E-state index >= 15 is 0 Å². The van der Waals surface area contributed by atoms with Gasteiger partial charge < -0.3 is 4.74 Å². The molecule has 0 atom stereocenters. The van der Waals surface area contributed by atoms with E-state index in [9.17, 15) is 18.5 Å². The van der Waals surface area contributed by atoms with Gasteiger partial charge in [-0.3, -0.25) is 10.1 Å². The number of nitro benzene ring substituents is 1. The zero-order chi connectivity index (χ0) is 23.6. The van der Waals surface area contributed by atoms with Crippen LogP contribution in [0.15, 0.2) is 77.1 Å². The van der Waals surface area contributed by atoms with E-state index in [1.807, 2.05) is 47.8 Å². The molecule has 4 aromatic rings. The third-order valence-corrected chi connectivity index (χ3v) is 7.74. The summed E-state index contributed by atoms with van der Waals surface area (Å²) in [5.74, 6) is 0.201. The van der Waals surface area contributed by atoms with E-state index < -0.39 is 25.5 Å². The van der Waals surface area contributed by atoms with Crippen molar-refractivity contribution >= 4 is 27.0 Å². The fraction of sp³-hybridized carbons (Fsp3) is 0.136. The minimum atomic E-state index is -4.18. The third kappa shape index (κ3) is 4.51. The van der Waals surface area contributed by atoms with Gasteiger partial charge >= 0.3 is 0 Å². The van der Waals surface area contributed by atoms with Gasteiger partial charge in [-0.25, -0.2) is 13.1 Å². The van der Waals surface area contributed by atoms with Gasteiger partial charge in [0.2, 0.25) is 10.0 Å². The van der Waals surface area contributed by atoms with Crippen molar-refractivity contribution in [3.63, 3.8) is 0 Å². The van der Waals surface area contributed by atoms with Crippen LogP contribution in [0.3, 0.4) is 0 Å². The molecule has 0 unspecified atom stereocenters. The molecule has 33 heavy (non-hydrogen) atoms. The molecule has 0 bridgehead atoms. The molecular formula is C22H20N4O5S2. The lowest BCUT2D eigenvalue weighted by atomic mass is 10.2. The second kappa shape index (κ2) is 9.14. The van der Waals surface area contributed by atoms with E-state index in [1.54, 1.807) is 10.9 Å². The summed E-state index contributed by atoms with van der Waals surface area (Å²) in [6.45, 7) is -0.0222. The number of para-hydroxylation sites is 1. The van der Waals surface area contributed by atoms with E-state index in [0.29, 0.717) is 11.3 Å². The van der Waals surface area contributed by atoms with Gasteiger partial charge in [-0.1, -0.05) is 24.3 Å². The molecule has 2 heterocycles. The molecule has 0 amide bonds. The maximum absolute atomic E-state index is 13.3. The summed E-state index contributed by atoms with van der Waals surface area (Å²) in [5, 5.41) is 18.1. The Kier molecular flexibility index (Phi) is 6.27. The standard InChI is InChI=1S/C22H20N4O5S2/c1-24(33(29,30)21-11-10-18(31-2)13-19(21)26(27)28)14-16-15-25(17-7-4-3-5-8-17)23-22(16)20-9-6-12-32-20/h3-13,15H,14H2,1-2H3. The Morgan fingerprint density at radius 2 is 1.91 bits per heavy atom. The van der Waals surface area contributed by atoms with Gasteiger partial charge in [0.05, 0.1) is 28.7 Å². The predicted molar refractivity (Wildman–Crippen MR) is 125 cm³/mol. The number of benzene rings is 2. The largest absolute Gasteiger partial charge is 0.497 e. The van der Waals surface area contributed by atoms with Crippen molar-refractivity contribution in [2.45, 2.75) is 11.4 Å². The Bertz CT molecular complexity index is 1380. The van der Waals surface area contributed by atoms with Crippen molar-refractivity contribution in [1.29, 1.82) is 0 Å². The lowest BCUT2D eigenvalue weighted by Crippen LogP contribution is -2.27. The number of rotatable bonds is 8. The lowest BCUT2D eigenvalue weighted by molar-refractivity contribution is -0.387. The van der Waals surface area contributed by atoms with Crippen LogP contribution in [0.1, 0.15) is 5.56 Å². The van der Waals surface area contributed by atoms with Crippen molar-refractivity contribution in [3.05, 3.63) is 87.9 Å². The molecule has 0 saturated heterocycles. The van der Waals surface area contributed by atoms with Crippen LogP contribution in [-0.2, 0) is 16.6 Å². The number of hydrogen-bond acceptors (Lipinski definition) is 7. The SMILES string of the molecule is COc1ccc(S(=O)(=O)N(C)Cc2cn(-c3ccccc3)nc2-c2cccs2)c([N+](=O)[O-])c1. The molecule has 0 aliphatic heterocycles. The Morgan fingerprint density at radius 3 is 2.55 bits per heavy atom. The smallest absolute Gasteiger partial charge is 0.293 e. The molecule has 170 valence electrons. The normalized spacial score (nSPS) is 11.6. The van der Waals surface area contributed by atoms with Crippen LogP contribution in [0.5, 0.6) is 5.75 Å². The predicted octanol–water partition coefficient (Wildman–Crippen LogP) is 4.34. The average Bonchev–Trinajstić information content (AvgIpc) is 3.49. The number of methoxy groups -OCH3 is 1. The highest BCUT2D eigenvalue weighted by Gasteiger charge is 2.31. The quantitative estimate of drug-likeness (QED) is 0.272. The second-order valence-electron chi connectivity index (χ2n) is 7.11. The fourth-order valence-electron chi connectivity index (χ4n) is 3.34. The summed E-state index contributed by atoms with van der Waals surface area (Å²) in [5.41, 5.74) is 1.61. The van der Waals surface area contributed by atoms with E-state index in [2.05, 4.69) is 5.10 Å². The molecule has 0 spiro atoms. The Balaban J connectivity index is 1.73. The number of aromatic nitrogens is 2. The van der Waals surface area contributed by atoms with Gasteiger partial charge in [0.25, 0.3) is 5.69 Å². The highest BCUT2D eigenvalue weighted by Crippen LogP contribution is 2.33.